The number of carbonyl (C=O) groups excluding carboxylic acids is 2. The van der Waals surface area contributed by atoms with E-state index in [9.17, 15) is 9.59 Å². The van der Waals surface area contributed by atoms with Crippen molar-refractivity contribution in [3.8, 4) is 0 Å². The molecule has 0 aliphatic carbocycles. The van der Waals surface area contributed by atoms with Gasteiger partial charge in [-0.1, -0.05) is 6.42 Å². The molecule has 1 aromatic rings. The quantitative estimate of drug-likeness (QED) is 0.863. The fraction of sp³-hybridized carbons (Fsp3) is 0.615. The fourth-order valence-corrected chi connectivity index (χ4v) is 2.27. The molecule has 0 radical (unpaired) electrons. The van der Waals surface area contributed by atoms with Crippen LogP contribution in [0.15, 0.2) is 12.3 Å². The zero-order valence-electron chi connectivity index (χ0n) is 11.3. The van der Waals surface area contributed by atoms with Crippen molar-refractivity contribution >= 4 is 11.8 Å². The molecular formula is C13H20N4O2. The number of nitrogens with zero attached hydrogens (tertiary/aromatic N) is 3. The lowest BCUT2D eigenvalue weighted by molar-refractivity contribution is -0.130. The van der Waals surface area contributed by atoms with Crippen molar-refractivity contribution in [3.63, 3.8) is 0 Å². The summed E-state index contributed by atoms with van der Waals surface area (Å²) in [6, 6.07) is 1.67. The van der Waals surface area contributed by atoms with Crippen LogP contribution in [0.3, 0.4) is 0 Å². The van der Waals surface area contributed by atoms with E-state index >= 15 is 0 Å². The molecule has 0 spiro atoms. The van der Waals surface area contributed by atoms with Crippen molar-refractivity contribution in [1.82, 2.24) is 20.0 Å². The summed E-state index contributed by atoms with van der Waals surface area (Å²) >= 11 is 0. The van der Waals surface area contributed by atoms with Gasteiger partial charge in [-0.3, -0.25) is 14.3 Å². The largest absolute Gasteiger partial charge is 0.349 e. The van der Waals surface area contributed by atoms with Crippen LogP contribution < -0.4 is 5.32 Å². The first-order valence-corrected chi connectivity index (χ1v) is 6.72. The third-order valence-corrected chi connectivity index (χ3v) is 3.39. The van der Waals surface area contributed by atoms with Gasteiger partial charge in [-0.05, 0) is 18.9 Å². The van der Waals surface area contributed by atoms with E-state index in [0.717, 1.165) is 25.8 Å². The molecule has 1 N–H and O–H groups in total. The maximum atomic E-state index is 11.8. The van der Waals surface area contributed by atoms with E-state index in [4.69, 9.17) is 0 Å². The highest BCUT2D eigenvalue weighted by atomic mass is 16.2. The van der Waals surface area contributed by atoms with Gasteiger partial charge in [0.25, 0.3) is 5.91 Å². The van der Waals surface area contributed by atoms with Crippen molar-refractivity contribution < 1.29 is 9.59 Å². The van der Waals surface area contributed by atoms with Gasteiger partial charge in [0, 0.05) is 39.3 Å². The average molecular weight is 264 g/mol. The second-order valence-electron chi connectivity index (χ2n) is 4.79. The van der Waals surface area contributed by atoms with Crippen LogP contribution in [0.2, 0.25) is 0 Å². The normalized spacial score (nSPS) is 16.3. The summed E-state index contributed by atoms with van der Waals surface area (Å²) in [5.74, 6) is 0.0505. The smallest absolute Gasteiger partial charge is 0.269 e. The van der Waals surface area contributed by atoms with Gasteiger partial charge in [-0.15, -0.1) is 0 Å². The number of hydrogen-bond donors (Lipinski definition) is 1. The molecule has 0 atom stereocenters. The summed E-state index contributed by atoms with van der Waals surface area (Å²) in [4.78, 5) is 25.5. The minimum atomic E-state index is -0.151. The number of likely N-dealkylation sites (tertiary alicyclic amines) is 1. The molecule has 1 fully saturated rings. The zero-order chi connectivity index (χ0) is 13.7. The molecule has 104 valence electrons. The van der Waals surface area contributed by atoms with Crippen molar-refractivity contribution in [2.24, 2.45) is 7.05 Å². The number of rotatable bonds is 4. The van der Waals surface area contributed by atoms with E-state index in [2.05, 4.69) is 10.4 Å². The van der Waals surface area contributed by atoms with E-state index in [1.54, 1.807) is 19.3 Å². The molecule has 6 nitrogen and oxygen atoms in total. The van der Waals surface area contributed by atoms with Crippen LogP contribution in [0.5, 0.6) is 0 Å². The van der Waals surface area contributed by atoms with Crippen LogP contribution >= 0.6 is 0 Å². The molecule has 19 heavy (non-hydrogen) atoms. The Hall–Kier alpha value is -1.85. The van der Waals surface area contributed by atoms with Gasteiger partial charge in [-0.2, -0.15) is 5.10 Å². The lowest BCUT2D eigenvalue weighted by atomic mass is 10.2. The fourth-order valence-electron chi connectivity index (χ4n) is 2.27. The molecule has 0 saturated carbocycles. The summed E-state index contributed by atoms with van der Waals surface area (Å²) in [6.07, 6.45) is 5.38. The Balaban J connectivity index is 1.78. The molecule has 1 aliphatic rings. The minimum Gasteiger partial charge on any atom is -0.349 e. The van der Waals surface area contributed by atoms with E-state index in [-0.39, 0.29) is 11.8 Å². The zero-order valence-corrected chi connectivity index (χ0v) is 11.3. The summed E-state index contributed by atoms with van der Waals surface area (Å²) in [5.41, 5.74) is 0.530. The number of amides is 2. The van der Waals surface area contributed by atoms with Crippen LogP contribution in [0, 0.1) is 0 Å². The lowest BCUT2D eigenvalue weighted by Crippen LogP contribution is -2.38. The highest BCUT2D eigenvalue weighted by Gasteiger charge is 2.16. The Kier molecular flexibility index (Phi) is 4.54. The van der Waals surface area contributed by atoms with Gasteiger partial charge in [0.1, 0.15) is 5.69 Å². The summed E-state index contributed by atoms with van der Waals surface area (Å²) in [6.45, 7) is 1.87. The van der Waals surface area contributed by atoms with Crippen molar-refractivity contribution in [1.29, 1.82) is 0 Å². The van der Waals surface area contributed by atoms with E-state index in [1.165, 1.54) is 4.68 Å². The molecule has 6 heteroatoms. The van der Waals surface area contributed by atoms with Crippen molar-refractivity contribution in [2.75, 3.05) is 19.6 Å². The molecule has 2 rings (SSSR count). The number of hydrogen-bond acceptors (Lipinski definition) is 3. The monoisotopic (exact) mass is 264 g/mol. The molecular weight excluding hydrogens is 244 g/mol. The molecule has 0 unspecified atom stereocenters. The van der Waals surface area contributed by atoms with Gasteiger partial charge in [-0.25, -0.2) is 0 Å². The predicted octanol–water partition coefficient (Wildman–Crippen LogP) is 0.552. The van der Waals surface area contributed by atoms with E-state index < -0.39 is 0 Å². The molecule has 1 saturated heterocycles. The Morgan fingerprint density at radius 1 is 1.42 bits per heavy atom. The molecule has 0 bridgehead atoms. The highest BCUT2D eigenvalue weighted by molar-refractivity contribution is 5.92. The number of aromatic nitrogens is 2. The Morgan fingerprint density at radius 3 is 3.00 bits per heavy atom. The molecule has 0 aromatic carbocycles. The second-order valence-corrected chi connectivity index (χ2v) is 4.79. The van der Waals surface area contributed by atoms with Crippen LogP contribution in [-0.4, -0.2) is 46.1 Å². The first-order chi connectivity index (χ1) is 9.18. The second kappa shape index (κ2) is 6.36. The molecule has 2 heterocycles. The molecule has 1 aromatic heterocycles. The highest BCUT2D eigenvalue weighted by Crippen LogP contribution is 2.10. The third-order valence-electron chi connectivity index (χ3n) is 3.39. The summed E-state index contributed by atoms with van der Waals surface area (Å²) < 4.78 is 1.53. The van der Waals surface area contributed by atoms with Gasteiger partial charge >= 0.3 is 0 Å². The van der Waals surface area contributed by atoms with Crippen LogP contribution in [0.4, 0.5) is 0 Å². The number of nitrogens with one attached hydrogen (secondary N) is 1. The SMILES string of the molecule is Cn1nccc1C(=O)NCCN1CCCCCC1=O. The summed E-state index contributed by atoms with van der Waals surface area (Å²) in [7, 11) is 1.73. The first-order valence-electron chi connectivity index (χ1n) is 6.72. The maximum absolute atomic E-state index is 11.8. The topological polar surface area (TPSA) is 67.2 Å². The summed E-state index contributed by atoms with van der Waals surface area (Å²) in [5, 5.41) is 6.77. The number of carbonyl (C=O) groups is 2. The average Bonchev–Trinajstić information content (AvgIpc) is 2.71. The predicted molar refractivity (Wildman–Crippen MR) is 70.6 cm³/mol. The van der Waals surface area contributed by atoms with Gasteiger partial charge in [0.2, 0.25) is 5.91 Å². The Bertz CT molecular complexity index is 455. The Morgan fingerprint density at radius 2 is 2.26 bits per heavy atom. The lowest BCUT2D eigenvalue weighted by Gasteiger charge is -2.20. The van der Waals surface area contributed by atoms with Gasteiger partial charge < -0.3 is 10.2 Å². The van der Waals surface area contributed by atoms with E-state index in [0.29, 0.717) is 25.2 Å². The first kappa shape index (κ1) is 13.6. The Labute approximate surface area is 112 Å². The number of aryl methyl sites for hydroxylation is 1. The van der Waals surface area contributed by atoms with Gasteiger partial charge in [0.05, 0.1) is 0 Å². The molecule has 1 aliphatic heterocycles. The third kappa shape index (κ3) is 3.56. The minimum absolute atomic E-state index is 0.151. The van der Waals surface area contributed by atoms with E-state index in [1.807, 2.05) is 4.90 Å². The van der Waals surface area contributed by atoms with Crippen LogP contribution in [0.25, 0.3) is 0 Å². The standard InChI is InChI=1S/C13H20N4O2/c1-16-11(6-7-15-16)13(19)14-8-10-17-9-4-2-3-5-12(17)18/h6-7H,2-5,8-10H2,1H3,(H,14,19). The maximum Gasteiger partial charge on any atom is 0.269 e. The van der Waals surface area contributed by atoms with Crippen molar-refractivity contribution in [3.05, 3.63) is 18.0 Å². The van der Waals surface area contributed by atoms with Crippen molar-refractivity contribution in [2.45, 2.75) is 25.7 Å². The van der Waals surface area contributed by atoms with Crippen LogP contribution in [-0.2, 0) is 11.8 Å². The van der Waals surface area contributed by atoms with Gasteiger partial charge in [0.15, 0.2) is 0 Å². The molecule has 2 amide bonds. The van der Waals surface area contributed by atoms with Crippen LogP contribution in [0.1, 0.15) is 36.2 Å².